The normalized spacial score (nSPS) is 17.0. The lowest BCUT2D eigenvalue weighted by atomic mass is 10.2. The predicted molar refractivity (Wildman–Crippen MR) is 93.6 cm³/mol. The third-order valence-electron chi connectivity index (χ3n) is 3.87. The average Bonchev–Trinajstić information content (AvgIpc) is 2.52. The second-order valence-electron chi connectivity index (χ2n) is 6.18. The highest BCUT2D eigenvalue weighted by molar-refractivity contribution is 7.90. The van der Waals surface area contributed by atoms with Crippen molar-refractivity contribution < 1.29 is 34.9 Å². The van der Waals surface area contributed by atoms with E-state index in [2.05, 4.69) is 0 Å². The molecule has 0 aromatic heterocycles. The third-order valence-corrected chi connectivity index (χ3v) is 6.42. The number of sulfone groups is 1. The fraction of sp³-hybridized carbons (Fsp3) is 0.294. The molecule has 0 fully saturated rings. The van der Waals surface area contributed by atoms with Crippen molar-refractivity contribution >= 4 is 20.0 Å². The minimum Gasteiger partial charge on any atom is -0.480 e. The summed E-state index contributed by atoms with van der Waals surface area (Å²) in [7, 11) is -7.87. The van der Waals surface area contributed by atoms with Crippen molar-refractivity contribution in [3.63, 3.8) is 0 Å². The first-order valence-electron chi connectivity index (χ1n) is 7.81. The molecule has 3 rings (SSSR count). The van der Waals surface area contributed by atoms with Crippen LogP contribution in [0, 0.1) is 19.7 Å². The van der Waals surface area contributed by atoms with Crippen LogP contribution in [0.5, 0.6) is 11.5 Å². The van der Waals surface area contributed by atoms with Crippen molar-refractivity contribution in [2.45, 2.75) is 29.9 Å². The Kier molecular flexibility index (Phi) is 4.91. The Balaban J connectivity index is 1.89. The van der Waals surface area contributed by atoms with Gasteiger partial charge in [0.2, 0.25) is 0 Å². The SMILES string of the molecule is Cc1ccc(S(=O)(=O)OC2COc3c(F)cc(S(C)(=O)=O)cc3O2)c(C)c1. The lowest BCUT2D eigenvalue weighted by Gasteiger charge is -2.26. The van der Waals surface area contributed by atoms with Gasteiger partial charge < -0.3 is 9.47 Å². The Bertz CT molecular complexity index is 1110. The predicted octanol–water partition coefficient (Wildman–Crippen LogP) is 2.35. The zero-order valence-corrected chi connectivity index (χ0v) is 16.4. The van der Waals surface area contributed by atoms with Crippen LogP contribution in [-0.2, 0) is 24.1 Å². The molecule has 10 heteroatoms. The molecule has 0 amide bonds. The smallest absolute Gasteiger partial charge is 0.300 e. The van der Waals surface area contributed by atoms with E-state index in [4.69, 9.17) is 13.7 Å². The van der Waals surface area contributed by atoms with Gasteiger partial charge in [-0.2, -0.15) is 8.42 Å². The number of hydrogen-bond donors (Lipinski definition) is 0. The van der Waals surface area contributed by atoms with Crippen LogP contribution >= 0.6 is 0 Å². The summed E-state index contributed by atoms with van der Waals surface area (Å²) >= 11 is 0. The van der Waals surface area contributed by atoms with Crippen LogP contribution in [0.1, 0.15) is 11.1 Å². The number of fused-ring (bicyclic) bond motifs is 1. The summed E-state index contributed by atoms with van der Waals surface area (Å²) in [6.45, 7) is 3.07. The summed E-state index contributed by atoms with van der Waals surface area (Å²) in [5, 5.41) is 0. The molecule has 27 heavy (non-hydrogen) atoms. The molecule has 1 heterocycles. The van der Waals surface area contributed by atoms with Gasteiger partial charge in [-0.1, -0.05) is 17.7 Å². The van der Waals surface area contributed by atoms with Crippen molar-refractivity contribution in [3.8, 4) is 11.5 Å². The van der Waals surface area contributed by atoms with E-state index in [1.165, 1.54) is 6.07 Å². The molecule has 0 radical (unpaired) electrons. The molecule has 0 N–H and O–H groups in total. The van der Waals surface area contributed by atoms with Gasteiger partial charge in [0.1, 0.15) is 0 Å². The Morgan fingerprint density at radius 2 is 1.81 bits per heavy atom. The largest absolute Gasteiger partial charge is 0.480 e. The number of halogens is 1. The van der Waals surface area contributed by atoms with Gasteiger partial charge in [-0.05, 0) is 31.5 Å². The Morgan fingerprint density at radius 3 is 2.44 bits per heavy atom. The van der Waals surface area contributed by atoms with Crippen molar-refractivity contribution in [3.05, 3.63) is 47.3 Å². The highest BCUT2D eigenvalue weighted by Crippen LogP contribution is 2.37. The molecular formula is C17H17FO7S2. The molecule has 146 valence electrons. The van der Waals surface area contributed by atoms with Crippen LogP contribution in [0.25, 0.3) is 0 Å². The Labute approximate surface area is 156 Å². The molecule has 0 saturated carbocycles. The minimum atomic E-state index is -4.18. The second kappa shape index (κ2) is 6.77. The molecule has 2 aromatic carbocycles. The van der Waals surface area contributed by atoms with Crippen LogP contribution in [-0.4, -0.2) is 36.0 Å². The van der Waals surface area contributed by atoms with E-state index in [-0.39, 0.29) is 27.9 Å². The van der Waals surface area contributed by atoms with Gasteiger partial charge in [-0.15, -0.1) is 0 Å². The summed E-state index contributed by atoms with van der Waals surface area (Å²) < 4.78 is 77.9. The maximum Gasteiger partial charge on any atom is 0.300 e. The molecule has 7 nitrogen and oxygen atoms in total. The molecule has 2 aromatic rings. The fourth-order valence-electron chi connectivity index (χ4n) is 2.63. The molecule has 1 aliphatic rings. The zero-order valence-electron chi connectivity index (χ0n) is 14.7. The highest BCUT2D eigenvalue weighted by Gasteiger charge is 2.31. The van der Waals surface area contributed by atoms with E-state index in [1.54, 1.807) is 19.1 Å². The third kappa shape index (κ3) is 4.07. The van der Waals surface area contributed by atoms with Gasteiger partial charge in [-0.25, -0.2) is 17.0 Å². The lowest BCUT2D eigenvalue weighted by Crippen LogP contribution is -2.34. The van der Waals surface area contributed by atoms with E-state index < -0.39 is 32.1 Å². The van der Waals surface area contributed by atoms with Crippen LogP contribution in [0.3, 0.4) is 0 Å². The number of hydrogen-bond acceptors (Lipinski definition) is 7. The van der Waals surface area contributed by atoms with Gasteiger partial charge >= 0.3 is 10.1 Å². The number of benzene rings is 2. The molecule has 1 atom stereocenters. The second-order valence-corrected chi connectivity index (χ2v) is 9.74. The first kappa shape index (κ1) is 19.6. The molecule has 1 aliphatic heterocycles. The van der Waals surface area contributed by atoms with Gasteiger partial charge in [0.05, 0.1) is 9.79 Å². The number of ether oxygens (including phenoxy) is 2. The summed E-state index contributed by atoms with van der Waals surface area (Å²) in [5.41, 5.74) is 1.39. The molecule has 0 spiro atoms. The first-order chi connectivity index (χ1) is 12.5. The molecule has 1 unspecified atom stereocenters. The molecular weight excluding hydrogens is 399 g/mol. The maximum absolute atomic E-state index is 14.1. The van der Waals surface area contributed by atoms with Gasteiger partial charge in [0.15, 0.2) is 33.8 Å². The average molecular weight is 416 g/mol. The quantitative estimate of drug-likeness (QED) is 0.706. The van der Waals surface area contributed by atoms with Gasteiger partial charge in [-0.3, -0.25) is 0 Å². The van der Waals surface area contributed by atoms with E-state index in [9.17, 15) is 21.2 Å². The summed E-state index contributed by atoms with van der Waals surface area (Å²) in [6.07, 6.45) is -0.478. The van der Waals surface area contributed by atoms with Crippen molar-refractivity contribution in [1.82, 2.24) is 0 Å². The van der Waals surface area contributed by atoms with Crippen LogP contribution < -0.4 is 9.47 Å². The Hall–Kier alpha value is -2.17. The summed E-state index contributed by atoms with van der Waals surface area (Å²) in [6, 6.07) is 6.61. The monoisotopic (exact) mass is 416 g/mol. The maximum atomic E-state index is 14.1. The molecule has 0 aliphatic carbocycles. The van der Waals surface area contributed by atoms with Crippen molar-refractivity contribution in [2.24, 2.45) is 0 Å². The zero-order chi connectivity index (χ0) is 20.0. The minimum absolute atomic E-state index is 0.0291. The summed E-state index contributed by atoms with van der Waals surface area (Å²) in [4.78, 5) is -0.348. The standard InChI is InChI=1S/C17H17FO7S2/c1-10-4-5-15(11(2)6-10)27(21,22)25-16-9-23-17-13(18)7-12(26(3,19)20)8-14(17)24-16/h4-8,16H,9H2,1-3H3. The topological polar surface area (TPSA) is 96.0 Å². The number of aryl methyl sites for hydroxylation is 2. The van der Waals surface area contributed by atoms with E-state index >= 15 is 0 Å². The van der Waals surface area contributed by atoms with Crippen LogP contribution in [0.2, 0.25) is 0 Å². The molecule has 0 saturated heterocycles. The highest BCUT2D eigenvalue weighted by atomic mass is 32.2. The lowest BCUT2D eigenvalue weighted by molar-refractivity contribution is -0.0457. The van der Waals surface area contributed by atoms with Gasteiger partial charge in [0, 0.05) is 12.3 Å². The van der Waals surface area contributed by atoms with Crippen LogP contribution in [0.4, 0.5) is 4.39 Å². The molecule has 0 bridgehead atoms. The fourth-order valence-corrected chi connectivity index (χ4v) is 4.44. The van der Waals surface area contributed by atoms with Crippen molar-refractivity contribution in [1.29, 1.82) is 0 Å². The number of rotatable bonds is 4. The van der Waals surface area contributed by atoms with E-state index in [1.807, 2.05) is 6.92 Å². The van der Waals surface area contributed by atoms with E-state index in [0.717, 1.165) is 24.0 Å². The van der Waals surface area contributed by atoms with Gasteiger partial charge in [0.25, 0.3) is 6.29 Å². The van der Waals surface area contributed by atoms with Crippen LogP contribution in [0.15, 0.2) is 40.1 Å². The van der Waals surface area contributed by atoms with E-state index in [0.29, 0.717) is 5.56 Å². The van der Waals surface area contributed by atoms with Crippen molar-refractivity contribution in [2.75, 3.05) is 12.9 Å². The Morgan fingerprint density at radius 1 is 1.11 bits per heavy atom. The first-order valence-corrected chi connectivity index (χ1v) is 11.1. The summed E-state index contributed by atoms with van der Waals surface area (Å²) in [5.74, 6) is -1.47.